The highest BCUT2D eigenvalue weighted by Crippen LogP contribution is 2.27. The molecule has 2 N–H and O–H groups in total. The van der Waals surface area contributed by atoms with Crippen LogP contribution < -0.4 is 10.6 Å². The number of aromatic nitrogens is 2. The summed E-state index contributed by atoms with van der Waals surface area (Å²) in [7, 11) is 1.87. The van der Waals surface area contributed by atoms with Gasteiger partial charge in [0.05, 0.1) is 12.1 Å². The minimum Gasteiger partial charge on any atom is -0.379 e. The molecule has 0 spiro atoms. The Kier molecular flexibility index (Phi) is 3.19. The Morgan fingerprint density at radius 1 is 1.24 bits per heavy atom. The number of nitrogens with one attached hydrogen (secondary N) is 2. The maximum atomic E-state index is 5.44. The number of anilines is 2. The lowest BCUT2D eigenvalue weighted by Crippen LogP contribution is -2.35. The molecule has 2 rings (SSSR count). The van der Waals surface area contributed by atoms with E-state index in [1.807, 2.05) is 20.9 Å². The summed E-state index contributed by atoms with van der Waals surface area (Å²) in [5.41, 5.74) is 1.03. The first-order chi connectivity index (χ1) is 8.04. The summed E-state index contributed by atoms with van der Waals surface area (Å²) in [4.78, 5) is 8.83. The minimum absolute atomic E-state index is 0.0173. The standard InChI is InChI=1S/C12H20N4O/c1-8-10(13-4)14-9(2)15-11(8)16-12(3)5-6-17-7-12/h5-7H2,1-4H3,(H2,13,14,15,16). The molecule has 0 saturated carbocycles. The summed E-state index contributed by atoms with van der Waals surface area (Å²) in [6, 6.07) is 0. The van der Waals surface area contributed by atoms with Crippen LogP contribution in [0.3, 0.4) is 0 Å². The predicted molar refractivity (Wildman–Crippen MR) is 68.5 cm³/mol. The van der Waals surface area contributed by atoms with Crippen LogP contribution in [-0.4, -0.2) is 35.8 Å². The van der Waals surface area contributed by atoms with Crippen LogP contribution in [0.15, 0.2) is 0 Å². The first kappa shape index (κ1) is 12.1. The topological polar surface area (TPSA) is 59.1 Å². The van der Waals surface area contributed by atoms with Gasteiger partial charge >= 0.3 is 0 Å². The molecule has 1 saturated heterocycles. The van der Waals surface area contributed by atoms with E-state index in [4.69, 9.17) is 4.74 Å². The van der Waals surface area contributed by atoms with Crippen molar-refractivity contribution in [2.75, 3.05) is 30.9 Å². The molecule has 1 aromatic rings. The van der Waals surface area contributed by atoms with Crippen LogP contribution in [0.4, 0.5) is 11.6 Å². The second-order valence-corrected chi connectivity index (χ2v) is 4.83. The van der Waals surface area contributed by atoms with Crippen molar-refractivity contribution in [1.82, 2.24) is 9.97 Å². The van der Waals surface area contributed by atoms with Crippen molar-refractivity contribution in [3.05, 3.63) is 11.4 Å². The zero-order chi connectivity index (χ0) is 12.5. The van der Waals surface area contributed by atoms with E-state index >= 15 is 0 Å². The van der Waals surface area contributed by atoms with Crippen molar-refractivity contribution in [3.8, 4) is 0 Å². The van der Waals surface area contributed by atoms with Crippen LogP contribution in [0.25, 0.3) is 0 Å². The van der Waals surface area contributed by atoms with Crippen LogP contribution in [0.1, 0.15) is 24.7 Å². The molecule has 1 atom stereocenters. The number of rotatable bonds is 3. The van der Waals surface area contributed by atoms with E-state index in [2.05, 4.69) is 27.5 Å². The van der Waals surface area contributed by atoms with Gasteiger partial charge in [0, 0.05) is 19.2 Å². The lowest BCUT2D eigenvalue weighted by Gasteiger charge is -2.25. The van der Waals surface area contributed by atoms with E-state index in [0.717, 1.165) is 42.7 Å². The van der Waals surface area contributed by atoms with Crippen LogP contribution in [0.2, 0.25) is 0 Å². The van der Waals surface area contributed by atoms with E-state index in [1.54, 1.807) is 0 Å². The quantitative estimate of drug-likeness (QED) is 0.837. The van der Waals surface area contributed by atoms with Gasteiger partial charge in [-0.3, -0.25) is 0 Å². The van der Waals surface area contributed by atoms with E-state index < -0.39 is 0 Å². The number of aryl methyl sites for hydroxylation is 1. The van der Waals surface area contributed by atoms with Crippen molar-refractivity contribution in [1.29, 1.82) is 0 Å². The summed E-state index contributed by atoms with van der Waals surface area (Å²) < 4.78 is 5.44. The Morgan fingerprint density at radius 2 is 1.94 bits per heavy atom. The number of ether oxygens (including phenoxy) is 1. The van der Waals surface area contributed by atoms with Gasteiger partial charge in [0.1, 0.15) is 17.5 Å². The van der Waals surface area contributed by atoms with Gasteiger partial charge < -0.3 is 15.4 Å². The number of nitrogens with zero attached hydrogens (tertiary/aromatic N) is 2. The molecule has 0 radical (unpaired) electrons. The van der Waals surface area contributed by atoms with Crippen LogP contribution in [-0.2, 0) is 4.74 Å². The van der Waals surface area contributed by atoms with Gasteiger partial charge in [0.2, 0.25) is 0 Å². The first-order valence-electron chi connectivity index (χ1n) is 5.93. The summed E-state index contributed by atoms with van der Waals surface area (Å²) in [6.07, 6.45) is 1.00. The van der Waals surface area contributed by atoms with Gasteiger partial charge in [-0.15, -0.1) is 0 Å². The lowest BCUT2D eigenvalue weighted by atomic mass is 10.0. The van der Waals surface area contributed by atoms with Crippen LogP contribution in [0.5, 0.6) is 0 Å². The molecule has 1 aliphatic rings. The zero-order valence-corrected chi connectivity index (χ0v) is 10.9. The van der Waals surface area contributed by atoms with E-state index in [1.165, 1.54) is 0 Å². The lowest BCUT2D eigenvalue weighted by molar-refractivity contribution is 0.185. The number of hydrogen-bond donors (Lipinski definition) is 2. The molecule has 1 unspecified atom stereocenters. The van der Waals surface area contributed by atoms with Crippen LogP contribution in [0, 0.1) is 13.8 Å². The molecule has 0 bridgehead atoms. The van der Waals surface area contributed by atoms with Crippen molar-refractivity contribution in [2.45, 2.75) is 32.7 Å². The highest BCUT2D eigenvalue weighted by molar-refractivity contribution is 5.58. The molecule has 0 aromatic carbocycles. The maximum Gasteiger partial charge on any atom is 0.135 e. The normalized spacial score (nSPS) is 23.8. The zero-order valence-electron chi connectivity index (χ0n) is 10.9. The van der Waals surface area contributed by atoms with Gasteiger partial charge in [0.25, 0.3) is 0 Å². The average molecular weight is 236 g/mol. The van der Waals surface area contributed by atoms with Gasteiger partial charge in [-0.2, -0.15) is 0 Å². The Balaban J connectivity index is 2.28. The van der Waals surface area contributed by atoms with Gasteiger partial charge in [0.15, 0.2) is 0 Å². The summed E-state index contributed by atoms with van der Waals surface area (Å²) in [6.45, 7) is 7.62. The first-order valence-corrected chi connectivity index (χ1v) is 5.93. The summed E-state index contributed by atoms with van der Waals surface area (Å²) in [5, 5.41) is 6.58. The van der Waals surface area contributed by atoms with Crippen LogP contribution >= 0.6 is 0 Å². The molecule has 0 aliphatic carbocycles. The molecule has 1 aliphatic heterocycles. The summed E-state index contributed by atoms with van der Waals surface area (Å²) in [5.74, 6) is 2.54. The monoisotopic (exact) mass is 236 g/mol. The molecular weight excluding hydrogens is 216 g/mol. The third-order valence-corrected chi connectivity index (χ3v) is 3.13. The Labute approximate surface area is 102 Å². The largest absolute Gasteiger partial charge is 0.379 e. The Morgan fingerprint density at radius 3 is 2.53 bits per heavy atom. The highest BCUT2D eigenvalue weighted by Gasteiger charge is 2.30. The molecule has 5 heteroatoms. The summed E-state index contributed by atoms with van der Waals surface area (Å²) >= 11 is 0. The average Bonchev–Trinajstić information content (AvgIpc) is 2.70. The van der Waals surface area contributed by atoms with Gasteiger partial charge in [-0.25, -0.2) is 9.97 Å². The third kappa shape index (κ3) is 2.49. The Bertz CT molecular complexity index is 413. The molecule has 1 aromatic heterocycles. The van der Waals surface area contributed by atoms with Gasteiger partial charge in [-0.1, -0.05) is 0 Å². The second-order valence-electron chi connectivity index (χ2n) is 4.83. The van der Waals surface area contributed by atoms with Gasteiger partial charge in [-0.05, 0) is 27.2 Å². The SMILES string of the molecule is CNc1nc(C)nc(NC2(C)CCOC2)c1C. The molecule has 5 nitrogen and oxygen atoms in total. The fourth-order valence-corrected chi connectivity index (χ4v) is 2.05. The smallest absolute Gasteiger partial charge is 0.135 e. The minimum atomic E-state index is -0.0173. The van der Waals surface area contributed by atoms with Crippen molar-refractivity contribution >= 4 is 11.6 Å². The molecule has 2 heterocycles. The fraction of sp³-hybridized carbons (Fsp3) is 0.667. The fourth-order valence-electron chi connectivity index (χ4n) is 2.05. The molecule has 17 heavy (non-hydrogen) atoms. The van der Waals surface area contributed by atoms with E-state index in [-0.39, 0.29) is 5.54 Å². The predicted octanol–water partition coefficient (Wildman–Crippen LogP) is 1.73. The Hall–Kier alpha value is -1.36. The molecule has 0 amide bonds. The van der Waals surface area contributed by atoms with Crippen molar-refractivity contribution < 1.29 is 4.74 Å². The molecule has 1 fully saturated rings. The molecule has 94 valence electrons. The van der Waals surface area contributed by atoms with E-state index in [9.17, 15) is 0 Å². The highest BCUT2D eigenvalue weighted by atomic mass is 16.5. The van der Waals surface area contributed by atoms with Crippen molar-refractivity contribution in [2.24, 2.45) is 0 Å². The van der Waals surface area contributed by atoms with E-state index in [0.29, 0.717) is 0 Å². The number of hydrogen-bond acceptors (Lipinski definition) is 5. The molecular formula is C12H20N4O. The second kappa shape index (κ2) is 4.49. The maximum absolute atomic E-state index is 5.44. The third-order valence-electron chi connectivity index (χ3n) is 3.13. The van der Waals surface area contributed by atoms with Crippen molar-refractivity contribution in [3.63, 3.8) is 0 Å².